The van der Waals surface area contributed by atoms with E-state index in [1.54, 1.807) is 46.1 Å². The second-order valence-electron chi connectivity index (χ2n) is 6.23. The lowest BCUT2D eigenvalue weighted by Gasteiger charge is -2.25. The molecule has 0 saturated heterocycles. The molecule has 0 aromatic heterocycles. The average Bonchev–Trinajstić information content (AvgIpc) is 2.43. The van der Waals surface area contributed by atoms with E-state index in [1.165, 1.54) is 0 Å². The van der Waals surface area contributed by atoms with Crippen LogP contribution < -0.4 is 15.2 Å². The molecule has 130 valence electrons. The lowest BCUT2D eigenvalue weighted by molar-refractivity contribution is -0.157. The van der Waals surface area contributed by atoms with Gasteiger partial charge in [0.05, 0.1) is 19.6 Å². The molecule has 0 saturated carbocycles. The summed E-state index contributed by atoms with van der Waals surface area (Å²) in [4.78, 5) is 12.5. The van der Waals surface area contributed by atoms with Crippen LogP contribution in [0.1, 0.15) is 45.6 Å². The number of benzene rings is 1. The first-order valence-electron chi connectivity index (χ1n) is 7.65. The third kappa shape index (κ3) is 6.08. The highest BCUT2D eigenvalue weighted by Gasteiger charge is 2.28. The van der Waals surface area contributed by atoms with Gasteiger partial charge in [0.2, 0.25) is 0 Å². The van der Waals surface area contributed by atoms with Gasteiger partial charge in [0, 0.05) is 6.42 Å². The van der Waals surface area contributed by atoms with E-state index in [2.05, 4.69) is 0 Å². The molecule has 0 fully saturated rings. The third-order valence-electron chi connectivity index (χ3n) is 3.06. The van der Waals surface area contributed by atoms with Crippen LogP contribution in [0.4, 0.5) is 0 Å². The van der Waals surface area contributed by atoms with Crippen LogP contribution in [0.2, 0.25) is 0 Å². The summed E-state index contributed by atoms with van der Waals surface area (Å²) >= 11 is 0. The van der Waals surface area contributed by atoms with E-state index in [1.807, 2.05) is 6.92 Å². The fraction of sp³-hybridized carbons (Fsp3) is 0.588. The Bertz CT molecular complexity index is 522. The number of hydrogen-bond acceptors (Lipinski definition) is 6. The first-order chi connectivity index (χ1) is 10.7. The molecule has 6 heteroatoms. The van der Waals surface area contributed by atoms with Crippen LogP contribution in [0.3, 0.4) is 0 Å². The maximum absolute atomic E-state index is 12.5. The van der Waals surface area contributed by atoms with Gasteiger partial charge in [0.25, 0.3) is 0 Å². The second-order valence-corrected chi connectivity index (χ2v) is 6.23. The molecule has 2 atom stereocenters. The van der Waals surface area contributed by atoms with Gasteiger partial charge < -0.3 is 25.1 Å². The van der Waals surface area contributed by atoms with Gasteiger partial charge in [-0.25, -0.2) is 0 Å². The standard InChI is InChI=1S/C17H27NO5/c1-6-22-14-9-11(7-8-13(14)21-5)12(10-15(18)19)16(20)23-17(2,3)4/h7-9,12,15,19H,6,10,18H2,1-5H3. The van der Waals surface area contributed by atoms with Gasteiger partial charge in [-0.2, -0.15) is 0 Å². The molecule has 3 N–H and O–H groups in total. The molecule has 0 aliphatic heterocycles. The zero-order chi connectivity index (χ0) is 17.6. The smallest absolute Gasteiger partial charge is 0.314 e. The fourth-order valence-electron chi connectivity index (χ4n) is 2.16. The maximum Gasteiger partial charge on any atom is 0.314 e. The SMILES string of the molecule is CCOc1cc(C(CC(N)O)C(=O)OC(C)(C)C)ccc1OC. The molecule has 1 aromatic carbocycles. The zero-order valence-electron chi connectivity index (χ0n) is 14.5. The van der Waals surface area contributed by atoms with Gasteiger partial charge in [-0.15, -0.1) is 0 Å². The number of hydrogen-bond donors (Lipinski definition) is 2. The van der Waals surface area contributed by atoms with Gasteiger partial charge in [-0.05, 0) is 45.4 Å². The molecule has 0 amide bonds. The summed E-state index contributed by atoms with van der Waals surface area (Å²) < 4.78 is 16.2. The van der Waals surface area contributed by atoms with Crippen LogP contribution in [-0.2, 0) is 9.53 Å². The van der Waals surface area contributed by atoms with Gasteiger partial charge in [-0.1, -0.05) is 6.07 Å². The van der Waals surface area contributed by atoms with E-state index >= 15 is 0 Å². The van der Waals surface area contributed by atoms with E-state index < -0.39 is 23.7 Å². The third-order valence-corrected chi connectivity index (χ3v) is 3.06. The van der Waals surface area contributed by atoms with Gasteiger partial charge in [-0.3, -0.25) is 4.79 Å². The topological polar surface area (TPSA) is 91.0 Å². The van der Waals surface area contributed by atoms with Crippen molar-refractivity contribution < 1.29 is 24.1 Å². The van der Waals surface area contributed by atoms with Crippen molar-refractivity contribution in [3.8, 4) is 11.5 Å². The summed E-state index contributed by atoms with van der Waals surface area (Å²) in [5.74, 6) is -0.00615. The van der Waals surface area contributed by atoms with Crippen molar-refractivity contribution in [1.29, 1.82) is 0 Å². The van der Waals surface area contributed by atoms with E-state index in [-0.39, 0.29) is 6.42 Å². The molecule has 1 rings (SSSR count). The quantitative estimate of drug-likeness (QED) is 0.590. The molecule has 0 aliphatic rings. The Kier molecular flexibility index (Phi) is 6.84. The zero-order valence-corrected chi connectivity index (χ0v) is 14.5. The summed E-state index contributed by atoms with van der Waals surface area (Å²) in [7, 11) is 1.55. The van der Waals surface area contributed by atoms with Crippen molar-refractivity contribution in [2.75, 3.05) is 13.7 Å². The van der Waals surface area contributed by atoms with Crippen LogP contribution >= 0.6 is 0 Å². The molecule has 6 nitrogen and oxygen atoms in total. The summed E-state index contributed by atoms with van der Waals surface area (Å²) in [6.07, 6.45) is -1.06. The van der Waals surface area contributed by atoms with Gasteiger partial charge in [0.15, 0.2) is 11.5 Å². The predicted molar refractivity (Wildman–Crippen MR) is 87.6 cm³/mol. The Labute approximate surface area is 137 Å². The Hall–Kier alpha value is -1.79. The first-order valence-corrected chi connectivity index (χ1v) is 7.65. The Morgan fingerprint density at radius 3 is 2.43 bits per heavy atom. The van der Waals surface area contributed by atoms with Gasteiger partial charge in [0.1, 0.15) is 11.8 Å². The minimum atomic E-state index is -1.12. The highest BCUT2D eigenvalue weighted by molar-refractivity contribution is 5.79. The molecule has 0 spiro atoms. The summed E-state index contributed by atoms with van der Waals surface area (Å²) in [6.45, 7) is 7.71. The van der Waals surface area contributed by atoms with Crippen LogP contribution in [0, 0.1) is 0 Å². The number of rotatable bonds is 7. The lowest BCUT2D eigenvalue weighted by Crippen LogP contribution is -2.31. The minimum absolute atomic E-state index is 0.0623. The van der Waals surface area contributed by atoms with Crippen molar-refractivity contribution in [3.05, 3.63) is 23.8 Å². The van der Waals surface area contributed by atoms with E-state index in [9.17, 15) is 9.90 Å². The molecule has 0 bridgehead atoms. The van der Waals surface area contributed by atoms with Crippen molar-refractivity contribution in [1.82, 2.24) is 0 Å². The summed E-state index contributed by atoms with van der Waals surface area (Å²) in [6, 6.07) is 5.19. The number of carbonyl (C=O) groups excluding carboxylic acids is 1. The van der Waals surface area contributed by atoms with Crippen molar-refractivity contribution >= 4 is 5.97 Å². The second kappa shape index (κ2) is 8.17. The molecular weight excluding hydrogens is 298 g/mol. The van der Waals surface area contributed by atoms with Crippen LogP contribution in [0.25, 0.3) is 0 Å². The Balaban J connectivity index is 3.16. The average molecular weight is 325 g/mol. The molecule has 1 aromatic rings. The Morgan fingerprint density at radius 2 is 1.96 bits per heavy atom. The maximum atomic E-state index is 12.5. The number of aliphatic hydroxyl groups is 1. The van der Waals surface area contributed by atoms with Crippen LogP contribution in [0.5, 0.6) is 11.5 Å². The van der Waals surface area contributed by atoms with Crippen LogP contribution in [-0.4, -0.2) is 36.6 Å². The highest BCUT2D eigenvalue weighted by Crippen LogP contribution is 2.33. The van der Waals surface area contributed by atoms with Crippen LogP contribution in [0.15, 0.2) is 18.2 Å². The molecule has 23 heavy (non-hydrogen) atoms. The number of carbonyl (C=O) groups is 1. The predicted octanol–water partition coefficient (Wildman–Crippen LogP) is 2.19. The molecule has 0 aliphatic carbocycles. The molecule has 2 unspecified atom stereocenters. The lowest BCUT2D eigenvalue weighted by atomic mass is 9.94. The minimum Gasteiger partial charge on any atom is -0.493 e. The monoisotopic (exact) mass is 325 g/mol. The number of ether oxygens (including phenoxy) is 3. The number of aliphatic hydroxyl groups excluding tert-OH is 1. The number of methoxy groups -OCH3 is 1. The molecular formula is C17H27NO5. The largest absolute Gasteiger partial charge is 0.493 e. The van der Waals surface area contributed by atoms with Crippen molar-refractivity contribution in [2.45, 2.75) is 51.9 Å². The van der Waals surface area contributed by atoms with Crippen molar-refractivity contribution in [2.24, 2.45) is 5.73 Å². The van der Waals surface area contributed by atoms with Gasteiger partial charge >= 0.3 is 5.97 Å². The number of nitrogens with two attached hydrogens (primary N) is 1. The first kappa shape index (κ1) is 19.3. The van der Waals surface area contributed by atoms with E-state index in [4.69, 9.17) is 19.9 Å². The summed E-state index contributed by atoms with van der Waals surface area (Å²) in [5, 5.41) is 9.52. The van der Waals surface area contributed by atoms with E-state index in [0.717, 1.165) is 0 Å². The molecule has 0 heterocycles. The summed E-state index contributed by atoms with van der Waals surface area (Å²) in [5.41, 5.74) is 5.52. The Morgan fingerprint density at radius 1 is 1.30 bits per heavy atom. The highest BCUT2D eigenvalue weighted by atomic mass is 16.6. The van der Waals surface area contributed by atoms with Crippen molar-refractivity contribution in [3.63, 3.8) is 0 Å². The normalized spacial score (nSPS) is 14.0. The number of esters is 1. The van der Waals surface area contributed by atoms with E-state index in [0.29, 0.717) is 23.7 Å². The fourth-order valence-corrected chi connectivity index (χ4v) is 2.16. The molecule has 0 radical (unpaired) electrons.